The van der Waals surface area contributed by atoms with Gasteiger partial charge in [0.25, 0.3) is 0 Å². The van der Waals surface area contributed by atoms with E-state index in [1.54, 1.807) is 0 Å². The number of quaternary nitrogens is 1. The van der Waals surface area contributed by atoms with Gasteiger partial charge in [-0.1, -0.05) is 53.4 Å². The van der Waals surface area contributed by atoms with Crippen LogP contribution in [0.2, 0.25) is 0 Å². The number of unbranched alkanes of at least 4 members (excludes halogenated alkanes) is 4. The second-order valence-electron chi connectivity index (χ2n) is 8.73. The summed E-state index contributed by atoms with van der Waals surface area (Å²) in [5.74, 6) is 0. The predicted molar refractivity (Wildman–Crippen MR) is 165 cm³/mol. The number of phosphoric acid groups is 6. The van der Waals surface area contributed by atoms with Crippen LogP contribution in [0.3, 0.4) is 0 Å². The van der Waals surface area contributed by atoms with Crippen LogP contribution < -0.4 is 0 Å². The van der Waals surface area contributed by atoms with Crippen LogP contribution in [0.5, 0.6) is 0 Å². The average Bonchev–Trinajstić information content (AvgIpc) is 2.71. The smallest absolute Gasteiger partial charge is 0.324 e. The fourth-order valence-corrected chi connectivity index (χ4v) is 2.64. The predicted octanol–water partition coefficient (Wildman–Crippen LogP) is -0.568. The first-order chi connectivity index (χ1) is 20.2. The van der Waals surface area contributed by atoms with E-state index in [9.17, 15) is 0 Å². The van der Waals surface area contributed by atoms with Crippen LogP contribution in [-0.2, 0) is 27.4 Å². The molecule has 0 saturated carbocycles. The second-order valence-corrected chi connectivity index (χ2v) is 14.9. The third-order valence-electron chi connectivity index (χ3n) is 3.94. The molecule has 0 unspecified atom stereocenters. The molecule has 0 amide bonds. The van der Waals surface area contributed by atoms with Crippen molar-refractivity contribution in [3.05, 3.63) is 0 Å². The Morgan fingerprint density at radius 3 is 0.447 bits per heavy atom. The highest BCUT2D eigenvalue weighted by Crippen LogP contribution is 2.28. The lowest BCUT2D eigenvalue weighted by Gasteiger charge is -2.39. The highest BCUT2D eigenvalue weighted by molar-refractivity contribution is 7.46. The van der Waals surface area contributed by atoms with Crippen LogP contribution in [0, 0.1) is 0 Å². The van der Waals surface area contributed by atoms with Crippen LogP contribution in [0.25, 0.3) is 0 Å². The maximum atomic E-state index is 8.88. The van der Waals surface area contributed by atoms with Gasteiger partial charge in [0.15, 0.2) is 0 Å². The largest absolute Gasteiger partial charge is 0.466 e. The van der Waals surface area contributed by atoms with Crippen molar-refractivity contribution in [3.63, 3.8) is 0 Å². The van der Waals surface area contributed by atoms with Gasteiger partial charge in [0.05, 0.1) is 26.2 Å². The molecule has 296 valence electrons. The summed E-state index contributed by atoms with van der Waals surface area (Å²) in [5.41, 5.74) is 0. The van der Waals surface area contributed by atoms with Crippen LogP contribution in [0.15, 0.2) is 0 Å². The van der Waals surface area contributed by atoms with E-state index in [4.69, 9.17) is 115 Å². The van der Waals surface area contributed by atoms with Crippen LogP contribution in [0.4, 0.5) is 0 Å². The molecule has 0 aromatic carbocycles. The van der Waals surface area contributed by atoms with Crippen LogP contribution >= 0.6 is 46.9 Å². The molecule has 0 aliphatic heterocycles. The fraction of sp³-hybridized carbons (Fsp3) is 1.00. The molecule has 0 aromatic heterocycles. The number of hydrogen-bond acceptors (Lipinski definition) is 6. The lowest BCUT2D eigenvalue weighted by molar-refractivity contribution is -0.929. The first kappa shape index (κ1) is 62.7. The highest BCUT2D eigenvalue weighted by Gasteiger charge is 2.24. The Balaban J connectivity index is -0.0000000884. The molecule has 0 aliphatic rings. The van der Waals surface area contributed by atoms with Gasteiger partial charge < -0.3 is 92.6 Å². The minimum Gasteiger partial charge on any atom is -0.324 e. The molecule has 0 fully saturated rings. The minimum absolute atomic E-state index is 1.35. The molecule has 0 rings (SSSR count). The molecule has 0 bridgehead atoms. The Morgan fingerprint density at radius 1 is 0.298 bits per heavy atom. The zero-order valence-corrected chi connectivity index (χ0v) is 31.5. The Kier molecular flexibility index (Phi) is 43.4. The van der Waals surface area contributed by atoms with E-state index >= 15 is 0 Å². The van der Waals surface area contributed by atoms with Crippen molar-refractivity contribution in [2.45, 2.75) is 79.1 Å². The summed E-state index contributed by atoms with van der Waals surface area (Å²) in [4.78, 5) is 129. The van der Waals surface area contributed by atoms with Gasteiger partial charge in [-0.15, -0.1) is 0 Å². The third-order valence-corrected chi connectivity index (χ3v) is 3.94. The van der Waals surface area contributed by atoms with E-state index in [1.807, 2.05) is 0 Å². The molecule has 0 aromatic rings. The number of hydrogen-bond donors (Lipinski definition) is 18. The van der Waals surface area contributed by atoms with Crippen molar-refractivity contribution >= 4 is 46.9 Å². The van der Waals surface area contributed by atoms with Gasteiger partial charge in [0, 0.05) is 0 Å². The normalized spacial score (nSPS) is 11.9. The van der Waals surface area contributed by atoms with Gasteiger partial charge in [-0.05, 0) is 25.7 Å². The van der Waals surface area contributed by atoms with Crippen molar-refractivity contribution in [2.75, 3.05) is 26.2 Å². The Morgan fingerprint density at radius 2 is 0.383 bits per heavy atom. The maximum Gasteiger partial charge on any atom is 0.466 e. The molecule has 0 radical (unpaired) electrons. The Bertz CT molecular complexity index is 736. The molecule has 0 saturated heterocycles. The molecular formula is C16H54NO24P6+. The summed E-state index contributed by atoms with van der Waals surface area (Å²) >= 11 is 0. The zero-order valence-electron chi connectivity index (χ0n) is 26.1. The fourth-order valence-electron chi connectivity index (χ4n) is 2.64. The van der Waals surface area contributed by atoms with Gasteiger partial charge in [-0.3, -0.25) is 0 Å². The van der Waals surface area contributed by atoms with Crippen LogP contribution in [-0.4, -0.2) is 119 Å². The summed E-state index contributed by atoms with van der Waals surface area (Å²) in [6.45, 7) is 15.0. The summed E-state index contributed by atoms with van der Waals surface area (Å²) in [6.07, 6.45) is 11.1. The van der Waals surface area contributed by atoms with Gasteiger partial charge in [0.1, 0.15) is 0 Å². The first-order valence-corrected chi connectivity index (χ1v) is 22.2. The number of nitrogens with zero attached hydrogens (tertiary/aromatic N) is 1. The van der Waals surface area contributed by atoms with Crippen molar-refractivity contribution in [1.82, 2.24) is 0 Å². The lowest BCUT2D eigenvalue weighted by atomic mass is 10.1. The standard InChI is InChI=1S/C16H36N.6H3O4P/c1-5-9-13-17(14-10-6-2,15-11-7-3)16-12-8-4;6*1-5(2,3)4/h5-16H2,1-4H3;6*(H3,1,2,3,4)/q+1;;;;;;. The molecule has 0 atom stereocenters. The molecular weight excluding hydrogens is 776 g/mol. The minimum atomic E-state index is -4.64. The van der Waals surface area contributed by atoms with Crippen LogP contribution in [0.1, 0.15) is 79.1 Å². The van der Waals surface area contributed by atoms with Gasteiger partial charge in [0.2, 0.25) is 0 Å². The van der Waals surface area contributed by atoms with Crippen molar-refractivity contribution in [3.8, 4) is 0 Å². The molecule has 25 nitrogen and oxygen atoms in total. The average molecular weight is 830 g/mol. The topological polar surface area (TPSA) is 467 Å². The first-order valence-electron chi connectivity index (χ1n) is 12.8. The summed E-state index contributed by atoms with van der Waals surface area (Å²) < 4.78 is 54.7. The molecule has 0 aliphatic carbocycles. The highest BCUT2D eigenvalue weighted by atomic mass is 31.2. The molecule has 0 heterocycles. The molecule has 31 heteroatoms. The van der Waals surface area contributed by atoms with Gasteiger partial charge >= 0.3 is 46.9 Å². The van der Waals surface area contributed by atoms with Crippen molar-refractivity contribution in [1.29, 1.82) is 0 Å². The Labute approximate surface area is 272 Å². The lowest BCUT2D eigenvalue weighted by Crippen LogP contribution is -2.50. The maximum absolute atomic E-state index is 8.88. The van der Waals surface area contributed by atoms with Crippen molar-refractivity contribution < 1.29 is 120 Å². The molecule has 18 N–H and O–H groups in total. The number of rotatable bonds is 12. The second kappa shape index (κ2) is 32.5. The molecule has 47 heavy (non-hydrogen) atoms. The van der Waals surface area contributed by atoms with Crippen molar-refractivity contribution in [2.24, 2.45) is 0 Å². The van der Waals surface area contributed by atoms with E-state index in [1.165, 1.54) is 82.0 Å². The van der Waals surface area contributed by atoms with E-state index in [2.05, 4.69) is 27.7 Å². The monoisotopic (exact) mass is 830 g/mol. The summed E-state index contributed by atoms with van der Waals surface area (Å²) in [6, 6.07) is 0. The quantitative estimate of drug-likeness (QED) is 0.0865. The summed E-state index contributed by atoms with van der Waals surface area (Å²) in [5, 5.41) is 0. The van der Waals surface area contributed by atoms with E-state index < -0.39 is 46.9 Å². The Hall–Kier alpha value is 0.620. The third kappa shape index (κ3) is 218. The van der Waals surface area contributed by atoms with Gasteiger partial charge in [-0.25, -0.2) is 27.4 Å². The van der Waals surface area contributed by atoms with E-state index in [0.717, 1.165) is 0 Å². The summed E-state index contributed by atoms with van der Waals surface area (Å²) in [7, 11) is -27.8. The van der Waals surface area contributed by atoms with E-state index in [-0.39, 0.29) is 0 Å². The molecule has 0 spiro atoms. The van der Waals surface area contributed by atoms with Gasteiger partial charge in [-0.2, -0.15) is 0 Å². The van der Waals surface area contributed by atoms with E-state index in [0.29, 0.717) is 0 Å². The zero-order chi connectivity index (χ0) is 40.0. The SMILES string of the molecule is CCCC[N+](CCCC)(CCCC)CCCC.O=P(O)(O)O.O=P(O)(O)O.O=P(O)(O)O.O=P(O)(O)O.O=P(O)(O)O.O=P(O)(O)O.